The van der Waals surface area contributed by atoms with Gasteiger partial charge in [0.15, 0.2) is 0 Å². The summed E-state index contributed by atoms with van der Waals surface area (Å²) in [4.78, 5) is 13.3. The molecule has 0 aliphatic carbocycles. The summed E-state index contributed by atoms with van der Waals surface area (Å²) in [5.74, 6) is 1.06. The first-order chi connectivity index (χ1) is 9.65. The van der Waals surface area contributed by atoms with Crippen LogP contribution in [-0.2, 0) is 21.1 Å². The summed E-state index contributed by atoms with van der Waals surface area (Å²) in [5.41, 5.74) is 2.55. The van der Waals surface area contributed by atoms with Crippen molar-refractivity contribution in [1.29, 1.82) is 0 Å². The predicted molar refractivity (Wildman–Crippen MR) is 76.8 cm³/mol. The van der Waals surface area contributed by atoms with Crippen molar-refractivity contribution in [3.05, 3.63) is 40.8 Å². The molecule has 21 heavy (non-hydrogen) atoms. The number of aryl methyl sites for hydroxylation is 1. The van der Waals surface area contributed by atoms with Gasteiger partial charge in [0, 0.05) is 28.0 Å². The van der Waals surface area contributed by atoms with E-state index in [4.69, 9.17) is 4.42 Å². The van der Waals surface area contributed by atoms with Crippen LogP contribution in [-0.4, -0.2) is 21.9 Å². The van der Waals surface area contributed by atoms with E-state index in [1.54, 1.807) is 24.8 Å². The zero-order chi connectivity index (χ0) is 14.1. The summed E-state index contributed by atoms with van der Waals surface area (Å²) >= 11 is 1.71. The van der Waals surface area contributed by atoms with Crippen LogP contribution >= 0.6 is 11.8 Å². The third kappa shape index (κ3) is 3.27. The van der Waals surface area contributed by atoms with Crippen LogP contribution in [0.25, 0.3) is 6.08 Å². The Morgan fingerprint density at radius 1 is 1.43 bits per heavy atom. The van der Waals surface area contributed by atoms with Crippen molar-refractivity contribution in [3.8, 4) is 0 Å². The summed E-state index contributed by atoms with van der Waals surface area (Å²) in [6.07, 6.45) is 4.12. The molecule has 1 aliphatic heterocycles. The van der Waals surface area contributed by atoms with Crippen LogP contribution in [0.5, 0.6) is 0 Å². The van der Waals surface area contributed by atoms with Crippen LogP contribution in [0.1, 0.15) is 27.4 Å². The van der Waals surface area contributed by atoms with Crippen molar-refractivity contribution < 1.29 is 30.3 Å². The summed E-state index contributed by atoms with van der Waals surface area (Å²) in [5, 5.41) is 10.0. The smallest absolute Gasteiger partial charge is 0.321 e. The number of carbonyl (C=O) groups is 1. The van der Waals surface area contributed by atoms with Gasteiger partial charge in [-0.1, -0.05) is 16.9 Å². The topological polar surface area (TPSA) is 68.0 Å². The van der Waals surface area contributed by atoms with Crippen LogP contribution in [0.4, 0.5) is 6.01 Å². The van der Waals surface area contributed by atoms with Crippen molar-refractivity contribution in [2.45, 2.75) is 18.7 Å². The molecule has 2 aromatic rings. The van der Waals surface area contributed by atoms with E-state index in [1.165, 1.54) is 0 Å². The van der Waals surface area contributed by atoms with E-state index in [-0.39, 0.29) is 33.0 Å². The first-order valence-electron chi connectivity index (χ1n) is 6.11. The van der Waals surface area contributed by atoms with Gasteiger partial charge in [-0.25, -0.2) is 0 Å². The van der Waals surface area contributed by atoms with E-state index in [0.717, 1.165) is 21.8 Å². The number of thioether (sulfide) groups is 1. The first-order valence-corrected chi connectivity index (χ1v) is 7.10. The van der Waals surface area contributed by atoms with Crippen LogP contribution in [0.15, 0.2) is 21.5 Å². The molecule has 0 atom stereocenters. The molecule has 1 amide bonds. The summed E-state index contributed by atoms with van der Waals surface area (Å²) in [6, 6.07) is 4.94. The fourth-order valence-corrected chi connectivity index (χ4v) is 2.97. The number of anilines is 1. The van der Waals surface area contributed by atoms with Crippen LogP contribution in [0.3, 0.4) is 0 Å². The minimum atomic E-state index is -0.264. The van der Waals surface area contributed by atoms with Crippen molar-refractivity contribution in [2.24, 2.45) is 0 Å². The largest absolute Gasteiger partial charge is 0.408 e. The molecule has 0 fully saturated rings. The van der Waals surface area contributed by atoms with Gasteiger partial charge in [0.05, 0.1) is 0 Å². The Hall–Kier alpha value is -1.39. The molecule has 7 heteroatoms. The Kier molecular flexibility index (Phi) is 5.01. The van der Waals surface area contributed by atoms with Crippen LogP contribution in [0, 0.1) is 19.9 Å². The summed E-state index contributed by atoms with van der Waals surface area (Å²) in [7, 11) is 0. The molecule has 0 saturated heterocycles. The first kappa shape index (κ1) is 16.0. The van der Waals surface area contributed by atoms with E-state index in [1.807, 2.05) is 13.0 Å². The van der Waals surface area contributed by atoms with Crippen molar-refractivity contribution in [2.75, 3.05) is 11.1 Å². The molecule has 3 rings (SSSR count). The average molecular weight is 470 g/mol. The van der Waals surface area contributed by atoms with E-state index in [9.17, 15) is 4.79 Å². The third-order valence-corrected chi connectivity index (χ3v) is 4.13. The maximum atomic E-state index is 12.2. The van der Waals surface area contributed by atoms with Crippen LogP contribution < -0.4 is 5.32 Å². The van der Waals surface area contributed by atoms with Gasteiger partial charge in [-0.05, 0) is 11.3 Å². The molecule has 2 heterocycles. The molecule has 1 N–H and O–H groups in total. The number of amides is 1. The third-order valence-electron chi connectivity index (χ3n) is 2.96. The van der Waals surface area contributed by atoms with Gasteiger partial charge in [0.25, 0.3) is 0 Å². The van der Waals surface area contributed by atoms with E-state index >= 15 is 0 Å². The Morgan fingerprint density at radius 3 is 2.95 bits per heavy atom. The maximum absolute atomic E-state index is 12.2. The molecular weight excluding hydrogens is 458 g/mol. The van der Waals surface area contributed by atoms with E-state index < -0.39 is 0 Å². The van der Waals surface area contributed by atoms with E-state index in [0.29, 0.717) is 11.5 Å². The molecule has 0 unspecified atom stereocenters. The van der Waals surface area contributed by atoms with Gasteiger partial charge >= 0.3 is 6.01 Å². The molecule has 108 valence electrons. The zero-order valence-electron chi connectivity index (χ0n) is 11.5. The number of aromatic nitrogens is 2. The number of nitrogens with one attached hydrogen (secondary N) is 1. The number of hydrogen-bond acceptors (Lipinski definition) is 5. The molecule has 0 saturated carbocycles. The second kappa shape index (κ2) is 6.58. The van der Waals surface area contributed by atoms with Gasteiger partial charge in [-0.2, -0.15) is 11.8 Å². The standard InChI is InChI=1S/C14H12N3O2S.W/c1-8-11(6-5-10-4-3-7-20-12(8)10)13(18)15-14-17-16-9(2)19-14;/h3-4,6H,7H2,1-2H3,(H,15,17,18);/q-1;. The van der Waals surface area contributed by atoms with Crippen molar-refractivity contribution in [1.82, 2.24) is 10.2 Å². The second-order valence-corrected chi connectivity index (χ2v) is 5.39. The van der Waals surface area contributed by atoms with Crippen LogP contribution in [0.2, 0.25) is 0 Å². The minimum absolute atomic E-state index is 0. The molecular formula is C14H12N3O2SW-. The Morgan fingerprint density at radius 2 is 2.24 bits per heavy atom. The average Bonchev–Trinajstić information content (AvgIpc) is 2.84. The number of fused-ring (bicyclic) bond motifs is 1. The molecule has 1 aromatic carbocycles. The van der Waals surface area contributed by atoms with Crippen molar-refractivity contribution >= 4 is 29.8 Å². The van der Waals surface area contributed by atoms with E-state index in [2.05, 4.69) is 27.7 Å². The quantitative estimate of drug-likeness (QED) is 0.685. The predicted octanol–water partition coefficient (Wildman–Crippen LogP) is 2.86. The van der Waals surface area contributed by atoms with Gasteiger partial charge in [-0.3, -0.25) is 10.1 Å². The molecule has 0 spiro atoms. The number of rotatable bonds is 2. The fraction of sp³-hybridized carbons (Fsp3) is 0.214. The van der Waals surface area contributed by atoms with Gasteiger partial charge in [0.2, 0.25) is 11.8 Å². The fourth-order valence-electron chi connectivity index (χ4n) is 2.00. The SMILES string of the molecule is Cc1nnc(NC(=O)c2c[c-]c3c(c2C)SCC=C3)o1.[W]. The van der Waals surface area contributed by atoms with Gasteiger partial charge < -0.3 is 4.42 Å². The molecule has 5 nitrogen and oxygen atoms in total. The molecule has 1 aromatic heterocycles. The normalized spacial score (nSPS) is 12.5. The molecule has 0 bridgehead atoms. The zero-order valence-corrected chi connectivity index (χ0v) is 15.2. The minimum Gasteiger partial charge on any atom is -0.408 e. The Bertz CT molecular complexity index is 712. The summed E-state index contributed by atoms with van der Waals surface area (Å²) < 4.78 is 5.15. The maximum Gasteiger partial charge on any atom is 0.321 e. The number of benzene rings is 1. The van der Waals surface area contributed by atoms with Crippen molar-refractivity contribution in [3.63, 3.8) is 0 Å². The summed E-state index contributed by atoms with van der Waals surface area (Å²) in [6.45, 7) is 3.61. The van der Waals surface area contributed by atoms with Gasteiger partial charge in [0.1, 0.15) is 0 Å². The Balaban J connectivity index is 0.00000161. The monoisotopic (exact) mass is 470 g/mol. The number of hydrogen-bond donors (Lipinski definition) is 1. The number of carbonyl (C=O) groups excluding carboxylic acids is 1. The molecule has 1 aliphatic rings. The Labute approximate surface area is 140 Å². The number of nitrogens with zero attached hydrogens (tertiary/aromatic N) is 2. The molecule has 0 radical (unpaired) electrons. The van der Waals surface area contributed by atoms with Gasteiger partial charge in [-0.15, -0.1) is 40.5 Å². The second-order valence-electron chi connectivity index (χ2n) is 4.36.